The zero-order valence-electron chi connectivity index (χ0n) is 9.10. The van der Waals surface area contributed by atoms with Crippen molar-refractivity contribution in [2.45, 2.75) is 13.8 Å². The van der Waals surface area contributed by atoms with Crippen LogP contribution in [0.3, 0.4) is 0 Å². The highest BCUT2D eigenvalue weighted by atomic mass is 16.5. The van der Waals surface area contributed by atoms with Gasteiger partial charge >= 0.3 is 11.9 Å². The number of aromatic nitrogens is 2. The van der Waals surface area contributed by atoms with Crippen LogP contribution < -0.4 is 0 Å². The van der Waals surface area contributed by atoms with Gasteiger partial charge in [-0.05, 0) is 19.9 Å². The largest absolute Gasteiger partial charge is 0.462 e. The van der Waals surface area contributed by atoms with E-state index >= 15 is 0 Å². The molecule has 0 unspecified atom stereocenters. The number of hydrogen-bond acceptors (Lipinski definition) is 6. The summed E-state index contributed by atoms with van der Waals surface area (Å²) in [6, 6.07) is 1.37. The third-order valence-corrected chi connectivity index (χ3v) is 1.68. The molecule has 0 aliphatic rings. The Balaban J connectivity index is 3.00. The zero-order valence-corrected chi connectivity index (χ0v) is 9.10. The first kappa shape index (κ1) is 12.1. The summed E-state index contributed by atoms with van der Waals surface area (Å²) < 4.78 is 9.53. The predicted octanol–water partition coefficient (Wildman–Crippen LogP) is 0.830. The number of rotatable bonds is 4. The van der Waals surface area contributed by atoms with Gasteiger partial charge in [-0.15, -0.1) is 5.10 Å². The quantitative estimate of drug-likeness (QED) is 0.705. The number of hydrogen-bond donors (Lipinski definition) is 0. The van der Waals surface area contributed by atoms with Gasteiger partial charge in [-0.1, -0.05) is 0 Å². The predicted molar refractivity (Wildman–Crippen MR) is 53.9 cm³/mol. The summed E-state index contributed by atoms with van der Waals surface area (Å²) in [6.45, 7) is 3.77. The van der Waals surface area contributed by atoms with Crippen molar-refractivity contribution in [2.75, 3.05) is 13.2 Å². The van der Waals surface area contributed by atoms with E-state index in [1.54, 1.807) is 13.8 Å². The summed E-state index contributed by atoms with van der Waals surface area (Å²) in [5.74, 6) is -1.29. The van der Waals surface area contributed by atoms with Crippen molar-refractivity contribution in [3.05, 3.63) is 23.5 Å². The lowest BCUT2D eigenvalue weighted by molar-refractivity contribution is 0.0472. The van der Waals surface area contributed by atoms with Crippen molar-refractivity contribution >= 4 is 11.9 Å². The van der Waals surface area contributed by atoms with E-state index in [9.17, 15) is 9.59 Å². The average Bonchev–Trinajstić information content (AvgIpc) is 2.30. The molecule has 0 radical (unpaired) electrons. The van der Waals surface area contributed by atoms with Gasteiger partial charge in [-0.2, -0.15) is 5.10 Å². The third-order valence-electron chi connectivity index (χ3n) is 1.68. The van der Waals surface area contributed by atoms with E-state index in [1.165, 1.54) is 12.3 Å². The van der Waals surface area contributed by atoms with Crippen LogP contribution in [-0.4, -0.2) is 35.3 Å². The van der Waals surface area contributed by atoms with Crippen LogP contribution in [0.5, 0.6) is 0 Å². The topological polar surface area (TPSA) is 78.4 Å². The molecular weight excluding hydrogens is 212 g/mol. The van der Waals surface area contributed by atoms with Crippen molar-refractivity contribution in [3.8, 4) is 0 Å². The second kappa shape index (κ2) is 5.79. The second-order valence-electron chi connectivity index (χ2n) is 2.73. The van der Waals surface area contributed by atoms with Gasteiger partial charge in [0.25, 0.3) is 0 Å². The highest BCUT2D eigenvalue weighted by molar-refractivity contribution is 6.01. The molecule has 1 aromatic heterocycles. The van der Waals surface area contributed by atoms with Crippen molar-refractivity contribution in [2.24, 2.45) is 0 Å². The molecule has 0 saturated carbocycles. The molecule has 0 aliphatic carbocycles. The smallest absolute Gasteiger partial charge is 0.359 e. The van der Waals surface area contributed by atoms with Gasteiger partial charge in [0.1, 0.15) is 0 Å². The zero-order chi connectivity index (χ0) is 12.0. The van der Waals surface area contributed by atoms with Crippen molar-refractivity contribution in [1.82, 2.24) is 10.2 Å². The molecule has 16 heavy (non-hydrogen) atoms. The van der Waals surface area contributed by atoms with Crippen LogP contribution in [0.25, 0.3) is 0 Å². The standard InChI is InChI=1S/C10H12N2O4/c1-3-15-9(13)7-5-6-11-12-8(7)10(14)16-4-2/h5-6H,3-4H2,1-2H3. The highest BCUT2D eigenvalue weighted by Crippen LogP contribution is 2.07. The van der Waals surface area contributed by atoms with Crippen molar-refractivity contribution in [3.63, 3.8) is 0 Å². The minimum atomic E-state index is -0.682. The molecule has 0 aromatic carbocycles. The lowest BCUT2D eigenvalue weighted by Crippen LogP contribution is -2.16. The molecule has 1 aromatic rings. The van der Waals surface area contributed by atoms with E-state index in [0.717, 1.165) is 0 Å². The Morgan fingerprint density at radius 2 is 1.81 bits per heavy atom. The van der Waals surface area contributed by atoms with Crippen LogP contribution in [-0.2, 0) is 9.47 Å². The first-order chi connectivity index (χ1) is 7.70. The van der Waals surface area contributed by atoms with E-state index in [4.69, 9.17) is 9.47 Å². The fraction of sp³-hybridized carbons (Fsp3) is 0.400. The Hall–Kier alpha value is -1.98. The van der Waals surface area contributed by atoms with Crippen LogP contribution in [0, 0.1) is 0 Å². The Bertz CT molecular complexity index is 355. The molecule has 6 nitrogen and oxygen atoms in total. The first-order valence-corrected chi connectivity index (χ1v) is 4.86. The van der Waals surface area contributed by atoms with Crippen LogP contribution in [0.15, 0.2) is 12.3 Å². The second-order valence-corrected chi connectivity index (χ2v) is 2.73. The molecule has 86 valence electrons. The minimum absolute atomic E-state index is 0.0651. The van der Waals surface area contributed by atoms with Gasteiger partial charge in [0.05, 0.1) is 25.0 Å². The lowest BCUT2D eigenvalue weighted by Gasteiger charge is -2.05. The molecule has 6 heteroatoms. The molecule has 0 atom stereocenters. The van der Waals surface area contributed by atoms with E-state index in [0.29, 0.717) is 0 Å². The lowest BCUT2D eigenvalue weighted by atomic mass is 10.2. The molecule has 1 rings (SSSR count). The first-order valence-electron chi connectivity index (χ1n) is 4.86. The van der Waals surface area contributed by atoms with Gasteiger partial charge in [-0.3, -0.25) is 0 Å². The van der Waals surface area contributed by atoms with Crippen LogP contribution in [0.2, 0.25) is 0 Å². The van der Waals surface area contributed by atoms with E-state index < -0.39 is 11.9 Å². The summed E-state index contributed by atoms with van der Waals surface area (Å²) in [7, 11) is 0. The Kier molecular flexibility index (Phi) is 4.38. The molecule has 0 spiro atoms. The Morgan fingerprint density at radius 1 is 1.19 bits per heavy atom. The van der Waals surface area contributed by atoms with Crippen LogP contribution in [0.1, 0.15) is 34.7 Å². The van der Waals surface area contributed by atoms with E-state index in [-0.39, 0.29) is 24.5 Å². The third kappa shape index (κ3) is 2.75. The molecule has 0 N–H and O–H groups in total. The molecule has 0 amide bonds. The van der Waals surface area contributed by atoms with Crippen LogP contribution in [0.4, 0.5) is 0 Å². The van der Waals surface area contributed by atoms with E-state index in [2.05, 4.69) is 10.2 Å². The highest BCUT2D eigenvalue weighted by Gasteiger charge is 2.20. The maximum atomic E-state index is 11.5. The summed E-state index contributed by atoms with van der Waals surface area (Å²) in [5.41, 5.74) is -0.0573. The van der Waals surface area contributed by atoms with Crippen molar-refractivity contribution < 1.29 is 19.1 Å². The van der Waals surface area contributed by atoms with Gasteiger partial charge in [0.2, 0.25) is 0 Å². The number of carbonyl (C=O) groups excluding carboxylic acids is 2. The maximum absolute atomic E-state index is 11.5. The summed E-state index contributed by atoms with van der Waals surface area (Å²) in [4.78, 5) is 22.9. The van der Waals surface area contributed by atoms with Gasteiger partial charge in [0, 0.05) is 0 Å². The van der Waals surface area contributed by atoms with E-state index in [1.807, 2.05) is 0 Å². The van der Waals surface area contributed by atoms with Crippen molar-refractivity contribution in [1.29, 1.82) is 0 Å². The number of nitrogens with zero attached hydrogens (tertiary/aromatic N) is 2. The summed E-state index contributed by atoms with van der Waals surface area (Å²) in [5, 5.41) is 7.11. The fourth-order valence-corrected chi connectivity index (χ4v) is 1.06. The molecule has 1 heterocycles. The number of esters is 2. The SMILES string of the molecule is CCOC(=O)c1ccnnc1C(=O)OCC. The van der Waals surface area contributed by atoms with Gasteiger partial charge < -0.3 is 9.47 Å². The summed E-state index contributed by atoms with van der Waals surface area (Å²) in [6.07, 6.45) is 1.31. The normalized spacial score (nSPS) is 9.62. The Labute approximate surface area is 92.6 Å². The molecule has 0 saturated heterocycles. The fourth-order valence-electron chi connectivity index (χ4n) is 1.06. The molecule has 0 bridgehead atoms. The number of ether oxygens (including phenoxy) is 2. The molecule has 0 fully saturated rings. The molecular formula is C10H12N2O4. The minimum Gasteiger partial charge on any atom is -0.462 e. The Morgan fingerprint density at radius 3 is 2.44 bits per heavy atom. The summed E-state index contributed by atoms with van der Waals surface area (Å²) >= 11 is 0. The van der Waals surface area contributed by atoms with Gasteiger partial charge in [0.15, 0.2) is 5.69 Å². The van der Waals surface area contributed by atoms with Crippen LogP contribution >= 0.6 is 0 Å². The molecule has 0 aliphatic heterocycles. The van der Waals surface area contributed by atoms with Gasteiger partial charge in [-0.25, -0.2) is 9.59 Å². The average molecular weight is 224 g/mol. The number of carbonyl (C=O) groups is 2. The monoisotopic (exact) mass is 224 g/mol. The maximum Gasteiger partial charge on any atom is 0.359 e.